The lowest BCUT2D eigenvalue weighted by Gasteiger charge is -2.39. The van der Waals surface area contributed by atoms with Gasteiger partial charge in [0.1, 0.15) is 0 Å². The zero-order valence-corrected chi connectivity index (χ0v) is 20.4. The van der Waals surface area contributed by atoms with Crippen LogP contribution in [0.2, 0.25) is 5.02 Å². The maximum atomic E-state index is 13.1. The van der Waals surface area contributed by atoms with Crippen molar-refractivity contribution in [3.8, 4) is 0 Å². The topological polar surface area (TPSA) is 98.4 Å². The van der Waals surface area contributed by atoms with Crippen LogP contribution in [0.1, 0.15) is 37.3 Å². The van der Waals surface area contributed by atoms with Crippen molar-refractivity contribution in [3.63, 3.8) is 0 Å². The number of hydrogen-bond donors (Lipinski definition) is 0. The zero-order valence-electron chi connectivity index (χ0n) is 19.6. The summed E-state index contributed by atoms with van der Waals surface area (Å²) in [7, 11) is 1.58. The second-order valence-corrected chi connectivity index (χ2v) is 10.2. The summed E-state index contributed by atoms with van der Waals surface area (Å²) in [6.45, 7) is 4.22. The predicted molar refractivity (Wildman–Crippen MR) is 132 cm³/mol. The minimum atomic E-state index is -0.560. The third kappa shape index (κ3) is 4.03. The predicted octanol–water partition coefficient (Wildman–Crippen LogP) is 1.74. The van der Waals surface area contributed by atoms with Gasteiger partial charge in [-0.3, -0.25) is 19.1 Å². The van der Waals surface area contributed by atoms with Crippen molar-refractivity contribution in [1.29, 1.82) is 0 Å². The van der Waals surface area contributed by atoms with Crippen LogP contribution in [0.15, 0.2) is 34.2 Å². The van der Waals surface area contributed by atoms with Gasteiger partial charge in [-0.05, 0) is 31.7 Å². The average molecular weight is 498 g/mol. The van der Waals surface area contributed by atoms with Crippen LogP contribution < -0.4 is 16.0 Å². The van der Waals surface area contributed by atoms with Crippen LogP contribution >= 0.6 is 11.6 Å². The summed E-state index contributed by atoms with van der Waals surface area (Å²) in [6.07, 6.45) is 8.88. The number of aromatic nitrogens is 5. The summed E-state index contributed by atoms with van der Waals surface area (Å²) in [5.41, 5.74) is 1.08. The van der Waals surface area contributed by atoms with Gasteiger partial charge >= 0.3 is 11.1 Å². The molecule has 0 aliphatic carbocycles. The monoisotopic (exact) mass is 497 g/mol. The molecule has 3 saturated heterocycles. The number of halogens is 1. The summed E-state index contributed by atoms with van der Waals surface area (Å²) in [6, 6.07) is 2.00. The molecule has 3 aliphatic rings. The van der Waals surface area contributed by atoms with Gasteiger partial charge in [0.25, 0.3) is 0 Å². The molecule has 3 aromatic rings. The minimum Gasteiger partial charge on any atom is -0.379 e. The van der Waals surface area contributed by atoms with Gasteiger partial charge in [0.05, 0.1) is 23.8 Å². The molecular weight excluding hydrogens is 470 g/mol. The van der Waals surface area contributed by atoms with Crippen molar-refractivity contribution in [3.05, 3.63) is 56.0 Å². The number of piperidine rings is 1. The molecule has 10 nitrogen and oxygen atoms in total. The number of morpholine rings is 1. The van der Waals surface area contributed by atoms with E-state index in [4.69, 9.17) is 26.3 Å². The van der Waals surface area contributed by atoms with Crippen molar-refractivity contribution in [2.24, 2.45) is 7.05 Å². The molecule has 0 amide bonds. The summed E-state index contributed by atoms with van der Waals surface area (Å²) in [5.74, 6) is 0.743. The van der Waals surface area contributed by atoms with Gasteiger partial charge in [0.2, 0.25) is 5.95 Å². The fraction of sp³-hybridized carbons (Fsp3) is 0.542. The molecule has 6 rings (SSSR count). The molecule has 35 heavy (non-hydrogen) atoms. The van der Waals surface area contributed by atoms with E-state index in [9.17, 15) is 9.59 Å². The van der Waals surface area contributed by atoms with E-state index in [0.29, 0.717) is 16.2 Å². The van der Waals surface area contributed by atoms with E-state index < -0.39 is 11.1 Å². The Morgan fingerprint density at radius 3 is 2.34 bits per heavy atom. The van der Waals surface area contributed by atoms with Crippen LogP contribution in [0.5, 0.6) is 0 Å². The molecule has 2 bridgehead atoms. The maximum Gasteiger partial charge on any atom is 0.318 e. The number of fused-ring (bicyclic) bond motifs is 3. The van der Waals surface area contributed by atoms with Crippen LogP contribution in [0.25, 0.3) is 11.2 Å². The fourth-order valence-electron chi connectivity index (χ4n) is 5.91. The number of hydrogen-bond acceptors (Lipinski definition) is 8. The van der Waals surface area contributed by atoms with E-state index in [1.54, 1.807) is 17.7 Å². The molecule has 0 saturated carbocycles. The lowest BCUT2D eigenvalue weighted by atomic mass is 9.97. The Kier molecular flexibility index (Phi) is 5.82. The van der Waals surface area contributed by atoms with E-state index in [2.05, 4.69) is 14.8 Å². The second-order valence-electron chi connectivity index (χ2n) is 9.73. The quantitative estimate of drug-likeness (QED) is 0.503. The van der Waals surface area contributed by atoms with Gasteiger partial charge in [0.15, 0.2) is 5.65 Å². The lowest BCUT2D eigenvalue weighted by molar-refractivity contribution is 0.0341. The van der Waals surface area contributed by atoms with Crippen LogP contribution in [-0.2, 0) is 18.3 Å². The fourth-order valence-corrected chi connectivity index (χ4v) is 6.06. The number of nitrogens with zero attached hydrogens (tertiary/aromatic N) is 7. The molecule has 0 spiro atoms. The molecule has 3 atom stereocenters. The second kappa shape index (κ2) is 9.00. The minimum absolute atomic E-state index is 0.109. The number of ether oxygens (including phenoxy) is 1. The van der Waals surface area contributed by atoms with Gasteiger partial charge < -0.3 is 14.2 Å². The largest absolute Gasteiger partial charge is 0.379 e. The van der Waals surface area contributed by atoms with Crippen LogP contribution in [0.4, 0.5) is 5.95 Å². The normalized spacial score (nSPS) is 24.9. The molecule has 0 N–H and O–H groups in total. The Morgan fingerprint density at radius 2 is 1.66 bits per heavy atom. The maximum absolute atomic E-state index is 13.1. The Bertz CT molecular complexity index is 1350. The number of rotatable bonds is 4. The van der Waals surface area contributed by atoms with Crippen LogP contribution in [0.3, 0.4) is 0 Å². The van der Waals surface area contributed by atoms with E-state index >= 15 is 0 Å². The third-order valence-electron chi connectivity index (χ3n) is 7.62. The Hall–Kier alpha value is -2.82. The first-order chi connectivity index (χ1) is 17.0. The molecule has 11 heteroatoms. The van der Waals surface area contributed by atoms with Gasteiger partial charge in [0, 0.05) is 69.0 Å². The first-order valence-corrected chi connectivity index (χ1v) is 12.5. The number of pyridine rings is 1. The van der Waals surface area contributed by atoms with Crippen molar-refractivity contribution in [2.75, 3.05) is 31.2 Å². The molecular formula is C24H28ClN7O3. The van der Waals surface area contributed by atoms with Gasteiger partial charge in [-0.2, -0.15) is 0 Å². The Labute approximate surface area is 207 Å². The Balaban J connectivity index is 1.26. The van der Waals surface area contributed by atoms with E-state index in [1.807, 2.05) is 12.4 Å². The molecule has 184 valence electrons. The first kappa shape index (κ1) is 22.6. The molecule has 0 aromatic carbocycles. The van der Waals surface area contributed by atoms with Gasteiger partial charge in [-0.1, -0.05) is 11.6 Å². The zero-order chi connectivity index (χ0) is 24.1. The summed E-state index contributed by atoms with van der Waals surface area (Å²) in [5, 5.41) is 0.432. The summed E-state index contributed by atoms with van der Waals surface area (Å²) in [4.78, 5) is 44.3. The standard InChI is InChI=1S/C24H28ClN7O3/c1-29-20-8-16(25)13-26-21(20)32(23(34)22(29)33)19-9-17-2-3-18(10-19)31(17)24-27-11-15(12-28-24)14-30-4-6-35-7-5-30/h8,11-13,17-19H,2-7,9-10,14H2,1H3/t17-,18+,19-. The third-order valence-corrected chi connectivity index (χ3v) is 7.82. The highest BCUT2D eigenvalue weighted by molar-refractivity contribution is 6.31. The highest BCUT2D eigenvalue weighted by atomic mass is 35.5. The van der Waals surface area contributed by atoms with Crippen molar-refractivity contribution in [1.82, 2.24) is 29.0 Å². The molecule has 0 unspecified atom stereocenters. The van der Waals surface area contributed by atoms with Crippen molar-refractivity contribution < 1.29 is 4.74 Å². The van der Waals surface area contributed by atoms with E-state index in [-0.39, 0.29) is 18.1 Å². The first-order valence-electron chi connectivity index (χ1n) is 12.2. The van der Waals surface area contributed by atoms with Gasteiger partial charge in [-0.15, -0.1) is 0 Å². The van der Waals surface area contributed by atoms with Crippen LogP contribution in [0, 0.1) is 0 Å². The van der Waals surface area contributed by atoms with E-state index in [0.717, 1.165) is 70.0 Å². The SMILES string of the molecule is Cn1c(=O)c(=O)n([C@@H]2C[C@H]3CC[C@@H](C2)N3c2ncc(CN3CCOCC3)cn2)c2ncc(Cl)cc21. The smallest absolute Gasteiger partial charge is 0.318 e. The van der Waals surface area contributed by atoms with Crippen molar-refractivity contribution in [2.45, 2.75) is 50.4 Å². The molecule has 3 fully saturated rings. The van der Waals surface area contributed by atoms with Crippen molar-refractivity contribution >= 4 is 28.7 Å². The summed E-state index contributed by atoms with van der Waals surface area (Å²) >= 11 is 6.14. The molecule has 3 aliphatic heterocycles. The lowest BCUT2D eigenvalue weighted by Crippen LogP contribution is -2.49. The highest BCUT2D eigenvalue weighted by Gasteiger charge is 2.43. The van der Waals surface area contributed by atoms with Crippen LogP contribution in [-0.4, -0.2) is 67.4 Å². The number of aryl methyl sites for hydroxylation is 1. The molecule has 0 radical (unpaired) electrons. The summed E-state index contributed by atoms with van der Waals surface area (Å²) < 4.78 is 8.36. The molecule has 6 heterocycles. The Morgan fingerprint density at radius 1 is 0.971 bits per heavy atom. The highest BCUT2D eigenvalue weighted by Crippen LogP contribution is 2.42. The average Bonchev–Trinajstić information content (AvgIpc) is 3.13. The van der Waals surface area contributed by atoms with E-state index in [1.165, 1.54) is 10.8 Å². The molecule has 3 aromatic heterocycles. The van der Waals surface area contributed by atoms with Gasteiger partial charge in [-0.25, -0.2) is 15.0 Å². The number of anilines is 1.